The van der Waals surface area contributed by atoms with Gasteiger partial charge in [0.05, 0.1) is 6.42 Å². The highest BCUT2D eigenvalue weighted by molar-refractivity contribution is 6.00. The van der Waals surface area contributed by atoms with Gasteiger partial charge in [0.1, 0.15) is 11.9 Å². The van der Waals surface area contributed by atoms with Gasteiger partial charge < -0.3 is 5.32 Å². The van der Waals surface area contributed by atoms with Crippen LogP contribution in [-0.2, 0) is 9.59 Å². The van der Waals surface area contributed by atoms with Crippen molar-refractivity contribution in [2.24, 2.45) is 0 Å². The molecule has 0 spiro atoms. The lowest BCUT2D eigenvalue weighted by molar-refractivity contribution is -0.123. The van der Waals surface area contributed by atoms with E-state index in [1.165, 1.54) is 4.68 Å². The van der Waals surface area contributed by atoms with Gasteiger partial charge in [-0.2, -0.15) is 10.1 Å². The van der Waals surface area contributed by atoms with Crippen LogP contribution in [0.4, 0.5) is 11.6 Å². The van der Waals surface area contributed by atoms with Crippen LogP contribution >= 0.6 is 0 Å². The summed E-state index contributed by atoms with van der Waals surface area (Å²) in [5, 5.41) is 9.53. The number of aromatic nitrogens is 3. The van der Waals surface area contributed by atoms with Crippen molar-refractivity contribution in [2.45, 2.75) is 26.3 Å². The summed E-state index contributed by atoms with van der Waals surface area (Å²) in [6.45, 7) is 3.71. The predicted octanol–water partition coefficient (Wildman–Crippen LogP) is 1.42. The van der Waals surface area contributed by atoms with Gasteiger partial charge in [-0.25, -0.2) is 4.68 Å². The topological polar surface area (TPSA) is 88.9 Å². The van der Waals surface area contributed by atoms with E-state index >= 15 is 0 Å². The van der Waals surface area contributed by atoms with Crippen LogP contribution in [0.25, 0.3) is 0 Å². The Balaban J connectivity index is 1.70. The van der Waals surface area contributed by atoms with Crippen LogP contribution in [0, 0.1) is 13.8 Å². The predicted molar refractivity (Wildman–Crippen MR) is 76.9 cm³/mol. The minimum absolute atomic E-state index is 0.0233. The number of nitrogens with one attached hydrogen (secondary N) is 2. The number of amides is 2. The van der Waals surface area contributed by atoms with Crippen LogP contribution in [0.15, 0.2) is 24.3 Å². The normalized spacial score (nSPS) is 16.5. The molecule has 2 amide bonds. The summed E-state index contributed by atoms with van der Waals surface area (Å²) in [6.07, 6.45) is 0.0233. The molecule has 0 fully saturated rings. The Morgan fingerprint density at radius 2 is 2.05 bits per heavy atom. The highest BCUT2D eigenvalue weighted by Crippen LogP contribution is 2.25. The standard InChI is InChI=1S/C14H15N5O2/c1-8-3-5-10(6-4-8)16-12(20)7-11-13(21)17-14-15-9(2)18-19(11)14/h3-6,11H,7H2,1-2H3,(H,16,20)(H,15,17,18,21). The Labute approximate surface area is 121 Å². The Bertz CT molecular complexity index is 705. The number of hydrogen-bond acceptors (Lipinski definition) is 4. The van der Waals surface area contributed by atoms with E-state index in [-0.39, 0.29) is 18.2 Å². The van der Waals surface area contributed by atoms with Gasteiger partial charge in [0.25, 0.3) is 5.91 Å². The van der Waals surface area contributed by atoms with Gasteiger partial charge in [0.2, 0.25) is 11.9 Å². The molecule has 7 nitrogen and oxygen atoms in total. The molecule has 2 heterocycles. The molecule has 2 N–H and O–H groups in total. The maximum absolute atomic E-state index is 12.1. The number of benzene rings is 1. The van der Waals surface area contributed by atoms with Crippen molar-refractivity contribution < 1.29 is 9.59 Å². The molecule has 0 saturated heterocycles. The van der Waals surface area contributed by atoms with Gasteiger partial charge >= 0.3 is 0 Å². The monoisotopic (exact) mass is 285 g/mol. The van der Waals surface area contributed by atoms with E-state index in [0.29, 0.717) is 17.5 Å². The molecule has 3 rings (SSSR count). The fourth-order valence-electron chi connectivity index (χ4n) is 2.24. The van der Waals surface area contributed by atoms with Crippen molar-refractivity contribution in [1.82, 2.24) is 14.8 Å². The van der Waals surface area contributed by atoms with Crippen LogP contribution in [0.1, 0.15) is 23.9 Å². The molecule has 1 aliphatic rings. The van der Waals surface area contributed by atoms with E-state index in [4.69, 9.17) is 0 Å². The van der Waals surface area contributed by atoms with Gasteiger partial charge in [0, 0.05) is 5.69 Å². The summed E-state index contributed by atoms with van der Waals surface area (Å²) in [6, 6.07) is 6.83. The number of carbonyl (C=O) groups excluding carboxylic acids is 2. The lowest BCUT2D eigenvalue weighted by atomic mass is 10.2. The molecular formula is C14H15N5O2. The molecule has 1 aromatic heterocycles. The zero-order valence-electron chi connectivity index (χ0n) is 11.8. The van der Waals surface area contributed by atoms with Crippen LogP contribution in [0.5, 0.6) is 0 Å². The highest BCUT2D eigenvalue weighted by Gasteiger charge is 2.34. The van der Waals surface area contributed by atoms with E-state index in [1.54, 1.807) is 6.92 Å². The first kappa shape index (κ1) is 13.3. The Hall–Kier alpha value is -2.70. The first-order valence-corrected chi connectivity index (χ1v) is 6.63. The molecular weight excluding hydrogens is 270 g/mol. The molecule has 1 aliphatic heterocycles. The summed E-state index contributed by atoms with van der Waals surface area (Å²) in [5.74, 6) is 0.462. The second-order valence-electron chi connectivity index (χ2n) is 5.05. The lowest BCUT2D eigenvalue weighted by Gasteiger charge is -2.09. The molecule has 108 valence electrons. The summed E-state index contributed by atoms with van der Waals surface area (Å²) in [5.41, 5.74) is 1.82. The molecule has 0 saturated carbocycles. The fraction of sp³-hybridized carbons (Fsp3) is 0.286. The Morgan fingerprint density at radius 3 is 2.76 bits per heavy atom. The summed E-state index contributed by atoms with van der Waals surface area (Å²) in [7, 11) is 0. The number of hydrogen-bond donors (Lipinski definition) is 2. The number of carbonyl (C=O) groups is 2. The first-order valence-electron chi connectivity index (χ1n) is 6.63. The van der Waals surface area contributed by atoms with E-state index in [2.05, 4.69) is 20.7 Å². The minimum Gasteiger partial charge on any atom is -0.326 e. The third kappa shape index (κ3) is 2.62. The summed E-state index contributed by atoms with van der Waals surface area (Å²) in [4.78, 5) is 28.0. The van der Waals surface area contributed by atoms with Gasteiger partial charge in [-0.1, -0.05) is 17.7 Å². The van der Waals surface area contributed by atoms with Gasteiger partial charge in [-0.15, -0.1) is 0 Å². The molecule has 0 radical (unpaired) electrons. The van der Waals surface area contributed by atoms with Crippen molar-refractivity contribution in [2.75, 3.05) is 10.6 Å². The number of rotatable bonds is 3. The maximum Gasteiger partial charge on any atom is 0.252 e. The zero-order chi connectivity index (χ0) is 15.0. The summed E-state index contributed by atoms with van der Waals surface area (Å²) < 4.78 is 1.46. The molecule has 1 aromatic carbocycles. The van der Waals surface area contributed by atoms with Crippen LogP contribution in [0.2, 0.25) is 0 Å². The average Bonchev–Trinajstić information content (AvgIpc) is 2.90. The Kier molecular flexibility index (Phi) is 3.17. The Morgan fingerprint density at radius 1 is 1.33 bits per heavy atom. The molecule has 2 aromatic rings. The first-order chi connectivity index (χ1) is 10.0. The maximum atomic E-state index is 12.1. The third-order valence-corrected chi connectivity index (χ3v) is 3.28. The molecule has 21 heavy (non-hydrogen) atoms. The van der Waals surface area contributed by atoms with Gasteiger partial charge in [0.15, 0.2) is 0 Å². The minimum atomic E-state index is -0.647. The van der Waals surface area contributed by atoms with Crippen molar-refractivity contribution >= 4 is 23.5 Å². The van der Waals surface area contributed by atoms with Crippen molar-refractivity contribution in [1.29, 1.82) is 0 Å². The third-order valence-electron chi connectivity index (χ3n) is 3.28. The SMILES string of the molecule is Cc1ccc(NC(=O)CC2C(=O)Nc3nc(C)nn32)cc1. The number of nitrogens with zero attached hydrogens (tertiary/aromatic N) is 3. The number of fused-ring (bicyclic) bond motifs is 1. The van der Waals surface area contributed by atoms with E-state index in [9.17, 15) is 9.59 Å². The van der Waals surface area contributed by atoms with Crippen LogP contribution in [0.3, 0.4) is 0 Å². The van der Waals surface area contributed by atoms with Crippen molar-refractivity contribution in [3.8, 4) is 0 Å². The molecule has 0 bridgehead atoms. The van der Waals surface area contributed by atoms with Crippen molar-refractivity contribution in [3.63, 3.8) is 0 Å². The molecule has 1 unspecified atom stereocenters. The van der Waals surface area contributed by atoms with Gasteiger partial charge in [-0.3, -0.25) is 14.9 Å². The zero-order valence-corrected chi connectivity index (χ0v) is 11.8. The second kappa shape index (κ2) is 5.01. The number of aryl methyl sites for hydroxylation is 2. The van der Waals surface area contributed by atoms with Gasteiger partial charge in [-0.05, 0) is 26.0 Å². The lowest BCUT2D eigenvalue weighted by Crippen LogP contribution is -2.23. The van der Waals surface area contributed by atoms with E-state index in [0.717, 1.165) is 5.56 Å². The van der Waals surface area contributed by atoms with Crippen LogP contribution in [-0.4, -0.2) is 26.6 Å². The quantitative estimate of drug-likeness (QED) is 0.892. The largest absolute Gasteiger partial charge is 0.326 e. The summed E-state index contributed by atoms with van der Waals surface area (Å²) >= 11 is 0. The fourth-order valence-corrected chi connectivity index (χ4v) is 2.24. The molecule has 0 aliphatic carbocycles. The number of anilines is 2. The highest BCUT2D eigenvalue weighted by atomic mass is 16.2. The van der Waals surface area contributed by atoms with E-state index in [1.807, 2.05) is 31.2 Å². The molecule has 7 heteroatoms. The van der Waals surface area contributed by atoms with Crippen molar-refractivity contribution in [3.05, 3.63) is 35.7 Å². The molecule has 1 atom stereocenters. The smallest absolute Gasteiger partial charge is 0.252 e. The average molecular weight is 285 g/mol. The second-order valence-corrected chi connectivity index (χ2v) is 5.05. The van der Waals surface area contributed by atoms with E-state index < -0.39 is 6.04 Å². The van der Waals surface area contributed by atoms with Crippen LogP contribution < -0.4 is 10.6 Å².